The van der Waals surface area contributed by atoms with Crippen LogP contribution in [0.3, 0.4) is 0 Å². The summed E-state index contributed by atoms with van der Waals surface area (Å²) in [7, 11) is 0. The Morgan fingerprint density at radius 2 is 1.91 bits per heavy atom. The van der Waals surface area contributed by atoms with Gasteiger partial charge in [0, 0.05) is 31.6 Å². The highest BCUT2D eigenvalue weighted by molar-refractivity contribution is 6.99. The van der Waals surface area contributed by atoms with E-state index in [1.807, 2.05) is 25.7 Å². The first kappa shape index (κ1) is 26.2. The Morgan fingerprint density at radius 3 is 2.50 bits per heavy atom. The molecule has 1 aromatic rings. The van der Waals surface area contributed by atoms with Gasteiger partial charge in [-0.05, 0) is 32.9 Å². The van der Waals surface area contributed by atoms with E-state index in [9.17, 15) is 14.5 Å². The molecule has 180 valence electrons. The van der Waals surface area contributed by atoms with Crippen LogP contribution in [0.2, 0.25) is 0 Å². The quantitative estimate of drug-likeness (QED) is 0.334. The monoisotopic (exact) mass is 471 g/mol. The van der Waals surface area contributed by atoms with Crippen LogP contribution in [0, 0.1) is 4.91 Å². The van der Waals surface area contributed by atoms with E-state index < -0.39 is 29.8 Å². The summed E-state index contributed by atoms with van der Waals surface area (Å²) in [6.45, 7) is 11.5. The number of aromatic nitrogens is 2. The summed E-state index contributed by atoms with van der Waals surface area (Å²) in [5, 5.41) is 6.11. The predicted molar refractivity (Wildman–Crippen MR) is 120 cm³/mol. The van der Waals surface area contributed by atoms with Crippen molar-refractivity contribution in [3.8, 4) is 5.88 Å². The third-order valence-corrected chi connectivity index (χ3v) is 5.56. The molecule has 0 radical (unpaired) electrons. The second-order valence-corrected chi connectivity index (χ2v) is 9.26. The zero-order valence-electron chi connectivity index (χ0n) is 19.4. The van der Waals surface area contributed by atoms with E-state index in [1.165, 1.54) is 6.92 Å². The van der Waals surface area contributed by atoms with Gasteiger partial charge in [0.15, 0.2) is 11.6 Å². The Morgan fingerprint density at radius 1 is 1.22 bits per heavy atom. The number of hydrogen-bond acceptors (Lipinski definition) is 12. The number of carbonyl (C=O) groups is 2. The number of nitrogens with zero attached hydrogens (tertiary/aromatic N) is 4. The van der Waals surface area contributed by atoms with Crippen LogP contribution in [0.15, 0.2) is 5.18 Å². The second-order valence-electron chi connectivity index (χ2n) is 8.73. The second kappa shape index (κ2) is 11.7. The SMILES string of the molecule is CCC(=O)C(C)(N=O)C(=O)COC(CNC(C)(C)C)COc1nsnc1N1CCOCC1. The largest absolute Gasteiger partial charge is 0.472 e. The topological polar surface area (TPSA) is 132 Å². The molecule has 0 spiro atoms. The highest BCUT2D eigenvalue weighted by atomic mass is 32.1. The number of morpholine rings is 1. The number of anilines is 1. The number of ether oxygens (including phenoxy) is 3. The van der Waals surface area contributed by atoms with Gasteiger partial charge in [-0.1, -0.05) is 6.92 Å². The zero-order valence-corrected chi connectivity index (χ0v) is 20.2. The smallest absolute Gasteiger partial charge is 0.270 e. The molecule has 0 saturated carbocycles. The highest BCUT2D eigenvalue weighted by Gasteiger charge is 2.41. The van der Waals surface area contributed by atoms with Crippen molar-refractivity contribution in [3.63, 3.8) is 0 Å². The average molecular weight is 472 g/mol. The van der Waals surface area contributed by atoms with Gasteiger partial charge in [-0.15, -0.1) is 9.28 Å². The molecule has 1 fully saturated rings. The molecule has 0 amide bonds. The van der Waals surface area contributed by atoms with Crippen molar-refractivity contribution in [2.45, 2.75) is 58.2 Å². The van der Waals surface area contributed by atoms with Crippen molar-refractivity contribution in [1.29, 1.82) is 0 Å². The van der Waals surface area contributed by atoms with Gasteiger partial charge in [-0.25, -0.2) is 0 Å². The lowest BCUT2D eigenvalue weighted by atomic mass is 9.91. The van der Waals surface area contributed by atoms with Crippen LogP contribution in [0.5, 0.6) is 5.88 Å². The van der Waals surface area contributed by atoms with Gasteiger partial charge in [0.05, 0.1) is 24.9 Å². The number of rotatable bonds is 13. The fourth-order valence-corrected chi connectivity index (χ4v) is 3.45. The number of hydrogen-bond donors (Lipinski definition) is 1. The van der Waals surface area contributed by atoms with Gasteiger partial charge in [-0.2, -0.15) is 4.37 Å². The Bertz CT molecular complexity index is 777. The minimum absolute atomic E-state index is 0.0350. The van der Waals surface area contributed by atoms with Crippen LogP contribution in [0.25, 0.3) is 0 Å². The van der Waals surface area contributed by atoms with Gasteiger partial charge in [0.2, 0.25) is 11.4 Å². The predicted octanol–water partition coefficient (Wildman–Crippen LogP) is 1.60. The maximum Gasteiger partial charge on any atom is 0.270 e. The van der Waals surface area contributed by atoms with Gasteiger partial charge >= 0.3 is 0 Å². The standard InChI is InChI=1S/C20H33N5O6S/c1-6-15(26)20(5,24-28)16(27)13-30-14(11-21-19(2,3)4)12-31-18-17(22-32-23-18)25-7-9-29-10-8-25/h14,21H,6-13H2,1-5H3. The number of nitroso groups, excluding NO2 is 1. The van der Waals surface area contributed by atoms with Crippen molar-refractivity contribution in [3.05, 3.63) is 4.91 Å². The first-order valence-electron chi connectivity index (χ1n) is 10.7. The van der Waals surface area contributed by atoms with Gasteiger partial charge in [-0.3, -0.25) is 9.59 Å². The molecular weight excluding hydrogens is 438 g/mol. The summed E-state index contributed by atoms with van der Waals surface area (Å²) < 4.78 is 25.6. The van der Waals surface area contributed by atoms with Crippen LogP contribution in [0.4, 0.5) is 5.82 Å². The molecule has 1 aromatic heterocycles. The maximum atomic E-state index is 12.6. The molecule has 0 aromatic carbocycles. The van der Waals surface area contributed by atoms with E-state index in [1.54, 1.807) is 6.92 Å². The number of nitrogens with one attached hydrogen (secondary N) is 1. The van der Waals surface area contributed by atoms with Gasteiger partial charge < -0.3 is 24.4 Å². The van der Waals surface area contributed by atoms with Crippen molar-refractivity contribution < 1.29 is 23.8 Å². The average Bonchev–Trinajstić information content (AvgIpc) is 3.25. The number of ketones is 2. The number of carbonyl (C=O) groups excluding carboxylic acids is 2. The molecule has 12 heteroatoms. The molecule has 32 heavy (non-hydrogen) atoms. The first-order chi connectivity index (χ1) is 15.1. The normalized spacial score (nSPS) is 17.5. The van der Waals surface area contributed by atoms with E-state index >= 15 is 0 Å². The Hall–Kier alpha value is -2.02. The molecule has 2 rings (SSSR count). The summed E-state index contributed by atoms with van der Waals surface area (Å²) in [6, 6.07) is 0. The summed E-state index contributed by atoms with van der Waals surface area (Å²) in [5.74, 6) is -0.161. The Balaban J connectivity index is 2.03. The molecule has 2 unspecified atom stereocenters. The molecule has 0 aliphatic carbocycles. The van der Waals surface area contributed by atoms with E-state index in [4.69, 9.17) is 14.2 Å². The zero-order chi connectivity index (χ0) is 23.8. The van der Waals surface area contributed by atoms with Crippen LogP contribution in [0.1, 0.15) is 41.0 Å². The molecule has 2 heterocycles. The summed E-state index contributed by atoms with van der Waals surface area (Å²) in [5.41, 5.74) is -2.14. The van der Waals surface area contributed by atoms with Crippen molar-refractivity contribution >= 4 is 29.1 Å². The van der Waals surface area contributed by atoms with Crippen molar-refractivity contribution in [2.24, 2.45) is 5.18 Å². The van der Waals surface area contributed by atoms with E-state index in [-0.39, 0.29) is 18.6 Å². The lowest BCUT2D eigenvalue weighted by molar-refractivity contribution is -0.138. The summed E-state index contributed by atoms with van der Waals surface area (Å²) in [4.78, 5) is 37.9. The lowest BCUT2D eigenvalue weighted by Crippen LogP contribution is -2.47. The maximum absolute atomic E-state index is 12.6. The molecule has 1 aliphatic rings. The van der Waals surface area contributed by atoms with E-state index in [2.05, 4.69) is 19.2 Å². The van der Waals surface area contributed by atoms with Crippen LogP contribution in [-0.4, -0.2) is 83.6 Å². The molecule has 11 nitrogen and oxygen atoms in total. The van der Waals surface area contributed by atoms with Crippen molar-refractivity contribution in [1.82, 2.24) is 14.1 Å². The Labute approximate surface area is 192 Å². The molecule has 1 aliphatic heterocycles. The highest BCUT2D eigenvalue weighted by Crippen LogP contribution is 2.26. The van der Waals surface area contributed by atoms with Gasteiger partial charge in [0.25, 0.3) is 5.88 Å². The van der Waals surface area contributed by atoms with Crippen LogP contribution < -0.4 is 15.0 Å². The summed E-state index contributed by atoms with van der Waals surface area (Å²) >= 11 is 1.06. The van der Waals surface area contributed by atoms with Gasteiger partial charge in [0.1, 0.15) is 19.3 Å². The Kier molecular flexibility index (Phi) is 9.62. The molecule has 0 bridgehead atoms. The lowest BCUT2D eigenvalue weighted by Gasteiger charge is -2.28. The minimum Gasteiger partial charge on any atom is -0.472 e. The molecule has 2 atom stereocenters. The van der Waals surface area contributed by atoms with E-state index in [0.29, 0.717) is 44.5 Å². The molecule has 1 N–H and O–H groups in total. The minimum atomic E-state index is -1.94. The van der Waals surface area contributed by atoms with Crippen LogP contribution in [-0.2, 0) is 19.1 Å². The van der Waals surface area contributed by atoms with Crippen LogP contribution >= 0.6 is 11.7 Å². The first-order valence-corrected chi connectivity index (χ1v) is 11.4. The fourth-order valence-electron chi connectivity index (χ4n) is 2.93. The molecule has 1 saturated heterocycles. The van der Waals surface area contributed by atoms with E-state index in [0.717, 1.165) is 11.7 Å². The third-order valence-electron chi connectivity index (χ3n) is 5.06. The third kappa shape index (κ3) is 7.26. The van der Waals surface area contributed by atoms with Crippen molar-refractivity contribution in [2.75, 3.05) is 51.0 Å². The summed E-state index contributed by atoms with van der Waals surface area (Å²) in [6.07, 6.45) is -0.502. The fraction of sp³-hybridized carbons (Fsp3) is 0.800. The molecular formula is C20H33N5O6S. The number of Topliss-reactive ketones (excluding diaryl/α,β-unsaturated/α-hetero) is 2.